The summed E-state index contributed by atoms with van der Waals surface area (Å²) in [6, 6.07) is 22.4. The molecule has 0 radical (unpaired) electrons. The molecular weight excluding hydrogens is 415 g/mol. The van der Waals surface area contributed by atoms with Crippen LogP contribution in [0.15, 0.2) is 85.2 Å². The molecule has 0 amide bonds. The van der Waals surface area contributed by atoms with Crippen LogP contribution in [0.3, 0.4) is 0 Å². The predicted octanol–water partition coefficient (Wildman–Crippen LogP) is 6.09. The standard InChI is InChI=1S/C27H23FN4O/c1-2-32-13-12-19-14-20(8-10-23(19)32)26-27(31-25(29)16-30-26)22-15-21(28)9-11-24(22)33-17-18-6-4-3-5-7-18/h3-16H,2,17H2,1H3,(H2,29,31). The molecule has 164 valence electrons. The van der Waals surface area contributed by atoms with E-state index >= 15 is 0 Å². The van der Waals surface area contributed by atoms with Crippen molar-refractivity contribution in [1.82, 2.24) is 14.5 Å². The summed E-state index contributed by atoms with van der Waals surface area (Å²) < 4.78 is 22.6. The number of fused-ring (bicyclic) bond motifs is 1. The van der Waals surface area contributed by atoms with E-state index in [0.717, 1.165) is 28.6 Å². The quantitative estimate of drug-likeness (QED) is 0.349. The zero-order chi connectivity index (χ0) is 22.8. The van der Waals surface area contributed by atoms with E-state index < -0.39 is 0 Å². The van der Waals surface area contributed by atoms with Crippen molar-refractivity contribution in [3.63, 3.8) is 0 Å². The molecule has 0 saturated heterocycles. The maximum absolute atomic E-state index is 14.3. The van der Waals surface area contributed by atoms with Gasteiger partial charge in [0.2, 0.25) is 0 Å². The van der Waals surface area contributed by atoms with Gasteiger partial charge in [0.15, 0.2) is 0 Å². The summed E-state index contributed by atoms with van der Waals surface area (Å²) in [6.07, 6.45) is 3.58. The predicted molar refractivity (Wildman–Crippen MR) is 129 cm³/mol. The largest absolute Gasteiger partial charge is 0.488 e. The molecule has 5 nitrogen and oxygen atoms in total. The molecule has 3 aromatic carbocycles. The molecule has 5 aromatic rings. The van der Waals surface area contributed by atoms with Gasteiger partial charge in [-0.2, -0.15) is 0 Å². The molecule has 0 aliphatic carbocycles. The van der Waals surface area contributed by atoms with Crippen LogP contribution in [0.5, 0.6) is 5.75 Å². The van der Waals surface area contributed by atoms with Gasteiger partial charge in [0, 0.05) is 34.8 Å². The van der Waals surface area contributed by atoms with Crippen molar-refractivity contribution in [2.24, 2.45) is 0 Å². The van der Waals surface area contributed by atoms with Crippen molar-refractivity contribution in [1.29, 1.82) is 0 Å². The highest BCUT2D eigenvalue weighted by molar-refractivity contribution is 5.89. The molecule has 0 atom stereocenters. The molecule has 0 aliphatic rings. The molecule has 5 rings (SSSR count). The number of benzene rings is 3. The minimum atomic E-state index is -0.386. The van der Waals surface area contributed by atoms with E-state index in [0.29, 0.717) is 29.3 Å². The lowest BCUT2D eigenvalue weighted by Crippen LogP contribution is -2.02. The summed E-state index contributed by atoms with van der Waals surface area (Å²) in [5, 5.41) is 1.10. The summed E-state index contributed by atoms with van der Waals surface area (Å²) in [4.78, 5) is 9.12. The number of nitrogens with zero attached hydrogens (tertiary/aromatic N) is 3. The van der Waals surface area contributed by atoms with Gasteiger partial charge >= 0.3 is 0 Å². The second kappa shape index (κ2) is 8.74. The zero-order valence-corrected chi connectivity index (χ0v) is 18.2. The molecule has 2 N–H and O–H groups in total. The Morgan fingerprint density at radius 3 is 2.64 bits per heavy atom. The summed E-state index contributed by atoms with van der Waals surface area (Å²) in [6.45, 7) is 3.35. The summed E-state index contributed by atoms with van der Waals surface area (Å²) in [7, 11) is 0. The Hall–Kier alpha value is -4.19. The van der Waals surface area contributed by atoms with Crippen molar-refractivity contribution >= 4 is 16.7 Å². The maximum atomic E-state index is 14.3. The third-order valence-corrected chi connectivity index (χ3v) is 5.61. The normalized spacial score (nSPS) is 11.1. The lowest BCUT2D eigenvalue weighted by atomic mass is 10.0. The molecule has 0 spiro atoms. The van der Waals surface area contributed by atoms with Gasteiger partial charge in [-0.1, -0.05) is 36.4 Å². The van der Waals surface area contributed by atoms with Crippen molar-refractivity contribution in [2.45, 2.75) is 20.1 Å². The number of hydrogen-bond donors (Lipinski definition) is 1. The van der Waals surface area contributed by atoms with Gasteiger partial charge in [-0.3, -0.25) is 4.98 Å². The monoisotopic (exact) mass is 438 g/mol. The summed E-state index contributed by atoms with van der Waals surface area (Å²) in [5.41, 5.74) is 10.6. The highest BCUT2D eigenvalue weighted by Crippen LogP contribution is 2.37. The van der Waals surface area contributed by atoms with E-state index in [2.05, 4.69) is 45.9 Å². The minimum absolute atomic E-state index is 0.255. The molecule has 2 heterocycles. The van der Waals surface area contributed by atoms with E-state index in [1.807, 2.05) is 36.4 Å². The van der Waals surface area contributed by atoms with E-state index in [9.17, 15) is 4.39 Å². The number of nitrogen functional groups attached to an aromatic ring is 1. The van der Waals surface area contributed by atoms with Gasteiger partial charge in [0.25, 0.3) is 0 Å². The number of rotatable bonds is 6. The summed E-state index contributed by atoms with van der Waals surface area (Å²) >= 11 is 0. The van der Waals surface area contributed by atoms with E-state index in [1.54, 1.807) is 6.07 Å². The Bertz CT molecular complexity index is 1430. The van der Waals surface area contributed by atoms with Crippen molar-refractivity contribution in [3.05, 3.63) is 96.6 Å². The number of aromatic nitrogens is 3. The highest BCUT2D eigenvalue weighted by atomic mass is 19.1. The number of aryl methyl sites for hydroxylation is 1. The van der Waals surface area contributed by atoms with Crippen LogP contribution in [-0.2, 0) is 13.2 Å². The molecule has 0 unspecified atom stereocenters. The SMILES string of the molecule is CCn1ccc2cc(-c3ncc(N)nc3-c3cc(F)ccc3OCc3ccccc3)ccc21. The molecule has 2 aromatic heterocycles. The Kier molecular flexibility index (Phi) is 5.48. The second-order valence-corrected chi connectivity index (χ2v) is 7.78. The fourth-order valence-corrected chi connectivity index (χ4v) is 3.97. The van der Waals surface area contributed by atoms with Gasteiger partial charge in [0.05, 0.1) is 11.9 Å². The Morgan fingerprint density at radius 2 is 1.82 bits per heavy atom. The van der Waals surface area contributed by atoms with Crippen LogP contribution < -0.4 is 10.5 Å². The first-order valence-corrected chi connectivity index (χ1v) is 10.8. The van der Waals surface area contributed by atoms with Crippen LogP contribution in [0.4, 0.5) is 10.2 Å². The van der Waals surface area contributed by atoms with Crippen molar-refractivity contribution in [2.75, 3.05) is 5.73 Å². The summed E-state index contributed by atoms with van der Waals surface area (Å²) in [5.74, 6) is 0.382. The third kappa shape index (κ3) is 4.15. The average molecular weight is 439 g/mol. The lowest BCUT2D eigenvalue weighted by molar-refractivity contribution is 0.307. The fraction of sp³-hybridized carbons (Fsp3) is 0.111. The van der Waals surface area contributed by atoms with Gasteiger partial charge in [-0.15, -0.1) is 0 Å². The molecule has 0 saturated carbocycles. The minimum Gasteiger partial charge on any atom is -0.488 e. The average Bonchev–Trinajstić information content (AvgIpc) is 3.26. The van der Waals surface area contributed by atoms with Gasteiger partial charge in [-0.25, -0.2) is 9.37 Å². The van der Waals surface area contributed by atoms with E-state index in [-0.39, 0.29) is 11.6 Å². The smallest absolute Gasteiger partial charge is 0.142 e. The first-order chi connectivity index (χ1) is 16.1. The highest BCUT2D eigenvalue weighted by Gasteiger charge is 2.18. The van der Waals surface area contributed by atoms with Gasteiger partial charge in [-0.05, 0) is 48.9 Å². The third-order valence-electron chi connectivity index (χ3n) is 5.61. The van der Waals surface area contributed by atoms with Crippen LogP contribution in [-0.4, -0.2) is 14.5 Å². The first kappa shape index (κ1) is 20.7. The van der Waals surface area contributed by atoms with Gasteiger partial charge < -0.3 is 15.0 Å². The van der Waals surface area contributed by atoms with Crippen molar-refractivity contribution in [3.8, 4) is 28.3 Å². The topological polar surface area (TPSA) is 66.0 Å². The molecule has 0 aliphatic heterocycles. The van der Waals surface area contributed by atoms with Crippen LogP contribution in [0, 0.1) is 5.82 Å². The fourth-order valence-electron chi connectivity index (χ4n) is 3.97. The number of nitrogens with two attached hydrogens (primary N) is 1. The molecule has 6 heteroatoms. The lowest BCUT2D eigenvalue weighted by Gasteiger charge is -2.15. The molecule has 0 fully saturated rings. The number of halogens is 1. The van der Waals surface area contributed by atoms with Crippen LogP contribution in [0.25, 0.3) is 33.4 Å². The van der Waals surface area contributed by atoms with Gasteiger partial charge in [0.1, 0.15) is 29.7 Å². The molecule has 0 bridgehead atoms. The van der Waals surface area contributed by atoms with Crippen molar-refractivity contribution < 1.29 is 9.13 Å². The first-order valence-electron chi connectivity index (χ1n) is 10.8. The number of anilines is 1. The van der Waals surface area contributed by atoms with Crippen LogP contribution in [0.1, 0.15) is 12.5 Å². The van der Waals surface area contributed by atoms with Crippen LogP contribution in [0.2, 0.25) is 0 Å². The zero-order valence-electron chi connectivity index (χ0n) is 18.2. The maximum Gasteiger partial charge on any atom is 0.142 e. The Balaban J connectivity index is 1.60. The molecular formula is C27H23FN4O. The Labute approximate surface area is 191 Å². The second-order valence-electron chi connectivity index (χ2n) is 7.78. The Morgan fingerprint density at radius 1 is 0.970 bits per heavy atom. The number of hydrogen-bond acceptors (Lipinski definition) is 4. The molecule has 33 heavy (non-hydrogen) atoms. The van der Waals surface area contributed by atoms with Crippen LogP contribution >= 0.6 is 0 Å². The van der Waals surface area contributed by atoms with E-state index in [1.165, 1.54) is 18.3 Å². The van der Waals surface area contributed by atoms with E-state index in [4.69, 9.17) is 10.5 Å². The number of ether oxygens (including phenoxy) is 1.